The van der Waals surface area contributed by atoms with Crippen molar-refractivity contribution in [2.24, 2.45) is 0 Å². The summed E-state index contributed by atoms with van der Waals surface area (Å²) in [5.41, 5.74) is 1.65. The zero-order valence-corrected chi connectivity index (χ0v) is 19.6. The SMILES string of the molecule is CCOc1cc(OCC)cc(C(=O)N(CCCc2ccccc2)Cc2nc(C(=O)O)cs2)c1. The van der Waals surface area contributed by atoms with E-state index >= 15 is 0 Å². The molecule has 3 rings (SSSR count). The van der Waals surface area contributed by atoms with Gasteiger partial charge >= 0.3 is 5.97 Å². The van der Waals surface area contributed by atoms with Gasteiger partial charge in [-0.2, -0.15) is 0 Å². The van der Waals surface area contributed by atoms with E-state index in [1.54, 1.807) is 23.1 Å². The molecule has 0 aliphatic carbocycles. The number of thiazole rings is 1. The van der Waals surface area contributed by atoms with Crippen molar-refractivity contribution in [2.75, 3.05) is 19.8 Å². The molecule has 0 radical (unpaired) electrons. The van der Waals surface area contributed by atoms with E-state index in [2.05, 4.69) is 17.1 Å². The molecule has 0 atom stereocenters. The Hall–Kier alpha value is -3.39. The Balaban J connectivity index is 1.82. The predicted octanol–water partition coefficient (Wildman–Crippen LogP) is 4.91. The second-order valence-electron chi connectivity index (χ2n) is 7.31. The van der Waals surface area contributed by atoms with Gasteiger partial charge in [-0.15, -0.1) is 11.3 Å². The fraction of sp³-hybridized carbons (Fsp3) is 0.320. The second-order valence-corrected chi connectivity index (χ2v) is 8.25. The maximum absolute atomic E-state index is 13.5. The first-order chi connectivity index (χ1) is 16.0. The van der Waals surface area contributed by atoms with Gasteiger partial charge in [-0.25, -0.2) is 9.78 Å². The highest BCUT2D eigenvalue weighted by Gasteiger charge is 2.20. The lowest BCUT2D eigenvalue weighted by atomic mass is 10.1. The number of ether oxygens (including phenoxy) is 2. The second kappa shape index (κ2) is 12.0. The molecule has 0 saturated heterocycles. The lowest BCUT2D eigenvalue weighted by Gasteiger charge is -2.22. The molecule has 174 valence electrons. The summed E-state index contributed by atoms with van der Waals surface area (Å²) < 4.78 is 11.2. The van der Waals surface area contributed by atoms with Gasteiger partial charge < -0.3 is 19.5 Å². The summed E-state index contributed by atoms with van der Waals surface area (Å²) in [6, 6.07) is 15.3. The summed E-state index contributed by atoms with van der Waals surface area (Å²) in [5.74, 6) is -0.125. The third-order valence-corrected chi connectivity index (χ3v) is 5.70. The number of amides is 1. The Bertz CT molecular complexity index is 1040. The van der Waals surface area contributed by atoms with E-state index in [9.17, 15) is 14.7 Å². The van der Waals surface area contributed by atoms with Crippen molar-refractivity contribution in [1.82, 2.24) is 9.88 Å². The fourth-order valence-electron chi connectivity index (χ4n) is 3.39. The Morgan fingerprint density at radius 2 is 1.70 bits per heavy atom. The third-order valence-electron chi connectivity index (χ3n) is 4.87. The summed E-state index contributed by atoms with van der Waals surface area (Å²) in [5, 5.41) is 11.3. The first kappa shape index (κ1) is 24.3. The number of aromatic carboxylic acids is 1. The molecule has 0 unspecified atom stereocenters. The van der Waals surface area contributed by atoms with E-state index in [0.29, 0.717) is 41.8 Å². The number of hydrogen-bond donors (Lipinski definition) is 1. The van der Waals surface area contributed by atoms with Crippen molar-refractivity contribution in [3.63, 3.8) is 0 Å². The minimum absolute atomic E-state index is 0.0105. The van der Waals surface area contributed by atoms with Crippen molar-refractivity contribution in [3.8, 4) is 11.5 Å². The lowest BCUT2D eigenvalue weighted by Crippen LogP contribution is -2.32. The maximum atomic E-state index is 13.5. The molecule has 3 aromatic rings. The van der Waals surface area contributed by atoms with Crippen LogP contribution in [-0.4, -0.2) is 46.6 Å². The van der Waals surface area contributed by atoms with Crippen LogP contribution in [0.3, 0.4) is 0 Å². The number of rotatable bonds is 12. The monoisotopic (exact) mass is 468 g/mol. The number of hydrogen-bond acceptors (Lipinski definition) is 6. The minimum atomic E-state index is -1.08. The van der Waals surface area contributed by atoms with E-state index in [1.165, 1.54) is 22.3 Å². The highest BCUT2D eigenvalue weighted by atomic mass is 32.1. The fourth-order valence-corrected chi connectivity index (χ4v) is 4.18. The quantitative estimate of drug-likeness (QED) is 0.406. The number of aromatic nitrogens is 1. The molecule has 0 aliphatic rings. The highest BCUT2D eigenvalue weighted by molar-refractivity contribution is 7.09. The molecule has 0 aliphatic heterocycles. The van der Waals surface area contributed by atoms with Crippen LogP contribution in [-0.2, 0) is 13.0 Å². The number of carboxylic acids is 1. The van der Waals surface area contributed by atoms with E-state index in [4.69, 9.17) is 9.47 Å². The minimum Gasteiger partial charge on any atom is -0.494 e. The van der Waals surface area contributed by atoms with Gasteiger partial charge in [0.05, 0.1) is 19.8 Å². The molecule has 0 bridgehead atoms. The standard InChI is InChI=1S/C25H28N2O5S/c1-3-31-20-13-19(14-21(15-20)32-4-2)24(28)27(12-8-11-18-9-6-5-7-10-18)16-23-26-22(17-33-23)25(29)30/h5-7,9-10,13-15,17H,3-4,8,11-12,16H2,1-2H3,(H,29,30). The van der Waals surface area contributed by atoms with Gasteiger partial charge in [-0.1, -0.05) is 30.3 Å². The van der Waals surface area contributed by atoms with Gasteiger partial charge in [-0.3, -0.25) is 4.79 Å². The van der Waals surface area contributed by atoms with Gasteiger partial charge in [-0.05, 0) is 44.4 Å². The largest absolute Gasteiger partial charge is 0.494 e. The summed E-state index contributed by atoms with van der Waals surface area (Å²) >= 11 is 1.24. The molecule has 0 saturated carbocycles. The van der Waals surface area contributed by atoms with Crippen LogP contribution in [0.1, 0.15) is 51.7 Å². The summed E-state index contributed by atoms with van der Waals surface area (Å²) in [6.07, 6.45) is 1.59. The van der Waals surface area contributed by atoms with Crippen molar-refractivity contribution in [3.05, 3.63) is 75.7 Å². The zero-order valence-electron chi connectivity index (χ0n) is 18.8. The Morgan fingerprint density at radius 3 is 2.27 bits per heavy atom. The number of benzene rings is 2. The number of carbonyl (C=O) groups excluding carboxylic acids is 1. The van der Waals surface area contributed by atoms with Crippen LogP contribution in [0.4, 0.5) is 0 Å². The summed E-state index contributed by atoms with van der Waals surface area (Å²) in [7, 11) is 0. The average molecular weight is 469 g/mol. The molecule has 0 spiro atoms. The number of carbonyl (C=O) groups is 2. The molecular weight excluding hydrogens is 440 g/mol. The molecule has 1 N–H and O–H groups in total. The lowest BCUT2D eigenvalue weighted by molar-refractivity contribution is 0.0691. The van der Waals surface area contributed by atoms with Crippen LogP contribution in [0.2, 0.25) is 0 Å². The van der Waals surface area contributed by atoms with Gasteiger partial charge in [0.2, 0.25) is 0 Å². The van der Waals surface area contributed by atoms with Crippen LogP contribution in [0, 0.1) is 0 Å². The number of nitrogens with zero attached hydrogens (tertiary/aromatic N) is 2. The number of aryl methyl sites for hydroxylation is 1. The van der Waals surface area contributed by atoms with Gasteiger partial charge in [0.15, 0.2) is 5.69 Å². The van der Waals surface area contributed by atoms with Crippen molar-refractivity contribution < 1.29 is 24.2 Å². The van der Waals surface area contributed by atoms with Crippen molar-refractivity contribution >= 4 is 23.2 Å². The Morgan fingerprint density at radius 1 is 1.03 bits per heavy atom. The average Bonchev–Trinajstić information content (AvgIpc) is 3.28. The molecule has 1 amide bonds. The van der Waals surface area contributed by atoms with Crippen LogP contribution in [0.5, 0.6) is 11.5 Å². The molecule has 7 nitrogen and oxygen atoms in total. The number of carboxylic acid groups (broad SMARTS) is 1. The highest BCUT2D eigenvalue weighted by Crippen LogP contribution is 2.25. The molecule has 33 heavy (non-hydrogen) atoms. The zero-order chi connectivity index (χ0) is 23.6. The van der Waals surface area contributed by atoms with Crippen LogP contribution in [0.25, 0.3) is 0 Å². The molecule has 1 aromatic heterocycles. The Labute approximate surface area is 197 Å². The first-order valence-electron chi connectivity index (χ1n) is 10.9. The maximum Gasteiger partial charge on any atom is 0.355 e. The van der Waals surface area contributed by atoms with Crippen LogP contribution >= 0.6 is 11.3 Å². The van der Waals surface area contributed by atoms with Gasteiger partial charge in [0.1, 0.15) is 16.5 Å². The van der Waals surface area contributed by atoms with Gasteiger partial charge in [0.25, 0.3) is 5.91 Å². The molecule has 8 heteroatoms. The molecule has 0 fully saturated rings. The van der Waals surface area contributed by atoms with E-state index < -0.39 is 5.97 Å². The Kier molecular flexibility index (Phi) is 8.83. The van der Waals surface area contributed by atoms with E-state index in [0.717, 1.165) is 12.8 Å². The van der Waals surface area contributed by atoms with Gasteiger partial charge in [0, 0.05) is 23.6 Å². The summed E-state index contributed by atoms with van der Waals surface area (Å²) in [4.78, 5) is 30.6. The molecule has 2 aromatic carbocycles. The smallest absolute Gasteiger partial charge is 0.355 e. The van der Waals surface area contributed by atoms with Crippen LogP contribution < -0.4 is 9.47 Å². The van der Waals surface area contributed by atoms with E-state index in [-0.39, 0.29) is 18.1 Å². The van der Waals surface area contributed by atoms with Crippen LogP contribution in [0.15, 0.2) is 53.9 Å². The predicted molar refractivity (Wildman–Crippen MR) is 127 cm³/mol. The summed E-state index contributed by atoms with van der Waals surface area (Å²) in [6.45, 7) is 5.44. The molecule has 1 heterocycles. The van der Waals surface area contributed by atoms with Crippen molar-refractivity contribution in [2.45, 2.75) is 33.2 Å². The van der Waals surface area contributed by atoms with E-state index in [1.807, 2.05) is 32.0 Å². The molecular formula is C25H28N2O5S. The topological polar surface area (TPSA) is 89.0 Å². The third kappa shape index (κ3) is 7.05. The first-order valence-corrected chi connectivity index (χ1v) is 11.8. The van der Waals surface area contributed by atoms with Crippen molar-refractivity contribution in [1.29, 1.82) is 0 Å². The normalized spacial score (nSPS) is 10.6.